The molecule has 29 heavy (non-hydrogen) atoms. The third-order valence-electron chi connectivity index (χ3n) is 6.54. The van der Waals surface area contributed by atoms with Crippen molar-refractivity contribution < 1.29 is 0 Å². The van der Waals surface area contributed by atoms with Gasteiger partial charge in [0.05, 0.1) is 0 Å². The molecule has 0 heterocycles. The first kappa shape index (κ1) is 28.6. The van der Waals surface area contributed by atoms with E-state index >= 15 is 0 Å². The SMILES string of the molecule is CCCCCCCCCC(C)CCC#CCCCC(C)CC(C)CCCCCC. The molecule has 0 fully saturated rings. The Morgan fingerprint density at radius 3 is 1.52 bits per heavy atom. The zero-order valence-corrected chi connectivity index (χ0v) is 21.2. The van der Waals surface area contributed by atoms with E-state index in [-0.39, 0.29) is 0 Å². The summed E-state index contributed by atoms with van der Waals surface area (Å²) in [4.78, 5) is 0. The highest BCUT2D eigenvalue weighted by Crippen LogP contribution is 2.22. The third-order valence-corrected chi connectivity index (χ3v) is 6.54. The number of hydrogen-bond donors (Lipinski definition) is 0. The maximum absolute atomic E-state index is 3.45. The van der Waals surface area contributed by atoms with Gasteiger partial charge in [-0.15, -0.1) is 11.8 Å². The quantitative estimate of drug-likeness (QED) is 0.140. The minimum atomic E-state index is 0.860. The van der Waals surface area contributed by atoms with E-state index in [4.69, 9.17) is 0 Å². The van der Waals surface area contributed by atoms with Crippen molar-refractivity contribution in [1.29, 1.82) is 0 Å². The fourth-order valence-electron chi connectivity index (χ4n) is 4.47. The highest BCUT2D eigenvalue weighted by Gasteiger charge is 2.08. The van der Waals surface area contributed by atoms with Crippen molar-refractivity contribution in [2.75, 3.05) is 0 Å². The summed E-state index contributed by atoms with van der Waals surface area (Å²) < 4.78 is 0. The van der Waals surface area contributed by atoms with Gasteiger partial charge in [0.15, 0.2) is 0 Å². The van der Waals surface area contributed by atoms with Gasteiger partial charge in [0.2, 0.25) is 0 Å². The Balaban J connectivity index is 3.51. The molecule has 0 bridgehead atoms. The lowest BCUT2D eigenvalue weighted by Crippen LogP contribution is -2.03. The normalized spacial score (nSPS) is 14.2. The molecule has 0 aromatic rings. The predicted octanol–water partition coefficient (Wildman–Crippen LogP) is 10.3. The van der Waals surface area contributed by atoms with E-state index in [0.717, 1.165) is 30.6 Å². The standard InChI is InChI=1S/C29H56/c1-6-8-10-12-13-15-19-22-27(3)23-20-16-14-17-21-25-29(5)26-28(4)24-18-11-9-7-2/h27-29H,6-13,15,17-26H2,1-5H3. The van der Waals surface area contributed by atoms with Crippen LogP contribution in [0.3, 0.4) is 0 Å². The molecule has 0 aliphatic heterocycles. The molecule has 0 heteroatoms. The molecule has 0 spiro atoms. The molecule has 0 saturated heterocycles. The maximum Gasteiger partial charge on any atom is 0.00912 e. The lowest BCUT2D eigenvalue weighted by Gasteiger charge is -2.16. The Kier molecular flexibility index (Phi) is 21.9. The van der Waals surface area contributed by atoms with Crippen molar-refractivity contribution in [1.82, 2.24) is 0 Å². The molecule has 0 rings (SSSR count). The average molecular weight is 405 g/mol. The first-order valence-electron chi connectivity index (χ1n) is 13.6. The first-order chi connectivity index (χ1) is 14.1. The number of unbranched alkanes of at least 4 members (excludes halogenated alkanes) is 10. The summed E-state index contributed by atoms with van der Waals surface area (Å²) in [6.45, 7) is 11.9. The molecule has 3 unspecified atom stereocenters. The van der Waals surface area contributed by atoms with Gasteiger partial charge in [-0.1, -0.05) is 118 Å². The van der Waals surface area contributed by atoms with Crippen molar-refractivity contribution in [2.24, 2.45) is 17.8 Å². The fourth-order valence-corrected chi connectivity index (χ4v) is 4.47. The third kappa shape index (κ3) is 22.1. The summed E-state index contributed by atoms with van der Waals surface area (Å²) in [5.41, 5.74) is 0. The summed E-state index contributed by atoms with van der Waals surface area (Å²) in [7, 11) is 0. The van der Waals surface area contributed by atoms with Crippen LogP contribution in [0.5, 0.6) is 0 Å². The van der Waals surface area contributed by atoms with Crippen LogP contribution < -0.4 is 0 Å². The van der Waals surface area contributed by atoms with Gasteiger partial charge < -0.3 is 0 Å². The molecule has 0 aliphatic carbocycles. The molecular formula is C29H56. The topological polar surface area (TPSA) is 0 Å². The van der Waals surface area contributed by atoms with Gasteiger partial charge in [-0.2, -0.15) is 0 Å². The minimum absolute atomic E-state index is 0.860. The van der Waals surface area contributed by atoms with E-state index in [1.807, 2.05) is 0 Å². The van der Waals surface area contributed by atoms with Crippen molar-refractivity contribution in [3.63, 3.8) is 0 Å². The fraction of sp³-hybridized carbons (Fsp3) is 0.931. The molecule has 3 atom stereocenters. The smallest absolute Gasteiger partial charge is 0.00912 e. The summed E-state index contributed by atoms with van der Waals surface area (Å²) in [5, 5.41) is 0. The Morgan fingerprint density at radius 1 is 0.448 bits per heavy atom. The average Bonchev–Trinajstić information content (AvgIpc) is 2.69. The Hall–Kier alpha value is -0.440. The lowest BCUT2D eigenvalue weighted by molar-refractivity contribution is 0.362. The van der Waals surface area contributed by atoms with Crippen LogP contribution in [0.25, 0.3) is 0 Å². The van der Waals surface area contributed by atoms with E-state index < -0.39 is 0 Å². The zero-order chi connectivity index (χ0) is 21.6. The van der Waals surface area contributed by atoms with Gasteiger partial charge >= 0.3 is 0 Å². The molecule has 0 radical (unpaired) electrons. The van der Waals surface area contributed by atoms with E-state index in [1.165, 1.54) is 109 Å². The highest BCUT2D eigenvalue weighted by atomic mass is 14.1. The molecule has 0 aliphatic rings. The second-order valence-corrected chi connectivity index (χ2v) is 10.1. The van der Waals surface area contributed by atoms with Crippen LogP contribution in [0.15, 0.2) is 0 Å². The molecule has 0 nitrogen and oxygen atoms in total. The molecule has 0 aromatic carbocycles. The van der Waals surface area contributed by atoms with Gasteiger partial charge in [-0.05, 0) is 43.4 Å². The molecule has 0 saturated carbocycles. The molecule has 172 valence electrons. The second kappa shape index (κ2) is 22.2. The second-order valence-electron chi connectivity index (χ2n) is 10.1. The molecular weight excluding hydrogens is 348 g/mol. The van der Waals surface area contributed by atoms with Crippen LogP contribution in [0.2, 0.25) is 0 Å². The molecule has 0 amide bonds. The monoisotopic (exact) mass is 404 g/mol. The summed E-state index contributed by atoms with van der Waals surface area (Å²) in [6, 6.07) is 0. The maximum atomic E-state index is 3.45. The van der Waals surface area contributed by atoms with Crippen LogP contribution in [0.1, 0.15) is 157 Å². The van der Waals surface area contributed by atoms with Crippen molar-refractivity contribution >= 4 is 0 Å². The minimum Gasteiger partial charge on any atom is -0.103 e. The van der Waals surface area contributed by atoms with Crippen molar-refractivity contribution in [3.8, 4) is 11.8 Å². The molecule has 0 N–H and O–H groups in total. The van der Waals surface area contributed by atoms with E-state index in [0.29, 0.717) is 0 Å². The predicted molar refractivity (Wildman–Crippen MR) is 134 cm³/mol. The first-order valence-corrected chi connectivity index (χ1v) is 13.6. The van der Waals surface area contributed by atoms with Gasteiger partial charge in [-0.3, -0.25) is 0 Å². The van der Waals surface area contributed by atoms with Crippen molar-refractivity contribution in [2.45, 2.75) is 157 Å². The summed E-state index contributed by atoms with van der Waals surface area (Å²) >= 11 is 0. The number of rotatable bonds is 20. The van der Waals surface area contributed by atoms with E-state index in [9.17, 15) is 0 Å². The van der Waals surface area contributed by atoms with Gasteiger partial charge in [0.25, 0.3) is 0 Å². The Morgan fingerprint density at radius 2 is 0.897 bits per heavy atom. The lowest BCUT2D eigenvalue weighted by atomic mass is 9.90. The van der Waals surface area contributed by atoms with Crippen LogP contribution in [-0.2, 0) is 0 Å². The zero-order valence-electron chi connectivity index (χ0n) is 21.2. The largest absolute Gasteiger partial charge is 0.103 e. The van der Waals surface area contributed by atoms with Gasteiger partial charge in [0, 0.05) is 12.8 Å². The van der Waals surface area contributed by atoms with Crippen LogP contribution in [0.4, 0.5) is 0 Å². The van der Waals surface area contributed by atoms with Gasteiger partial charge in [-0.25, -0.2) is 0 Å². The Bertz CT molecular complexity index is 371. The summed E-state index contributed by atoms with van der Waals surface area (Å²) in [5.74, 6) is 9.53. The number of hydrogen-bond acceptors (Lipinski definition) is 0. The highest BCUT2D eigenvalue weighted by molar-refractivity contribution is 4.98. The Labute approximate surface area is 186 Å². The van der Waals surface area contributed by atoms with Crippen LogP contribution in [-0.4, -0.2) is 0 Å². The van der Waals surface area contributed by atoms with Crippen LogP contribution >= 0.6 is 0 Å². The van der Waals surface area contributed by atoms with E-state index in [1.54, 1.807) is 0 Å². The van der Waals surface area contributed by atoms with Crippen molar-refractivity contribution in [3.05, 3.63) is 0 Å². The summed E-state index contributed by atoms with van der Waals surface area (Å²) in [6.07, 6.45) is 26.1. The van der Waals surface area contributed by atoms with Gasteiger partial charge in [0.1, 0.15) is 0 Å². The van der Waals surface area contributed by atoms with E-state index in [2.05, 4.69) is 46.5 Å². The molecule has 0 aromatic heterocycles. The van der Waals surface area contributed by atoms with Crippen LogP contribution in [0, 0.1) is 29.6 Å².